The molecule has 0 bridgehead atoms. The first-order chi connectivity index (χ1) is 25.7. The summed E-state index contributed by atoms with van der Waals surface area (Å²) in [6, 6.07) is 26.8. The first kappa shape index (κ1) is 37.5. The van der Waals surface area contributed by atoms with E-state index in [9.17, 15) is 19.2 Å². The Morgan fingerprint density at radius 2 is 1.66 bits per heavy atom. The van der Waals surface area contributed by atoms with Gasteiger partial charge >= 0.3 is 12.0 Å². The second-order valence-electron chi connectivity index (χ2n) is 14.2. The molecule has 1 aromatic heterocycles. The molecule has 53 heavy (non-hydrogen) atoms. The molecular formula is C42H50N6O5. The largest absolute Gasteiger partial charge is 0.427 e. The lowest BCUT2D eigenvalue weighted by Gasteiger charge is -2.57. The number of fused-ring (bicyclic) bond motifs is 2. The normalized spacial score (nSPS) is 19.6. The summed E-state index contributed by atoms with van der Waals surface area (Å²) in [4.78, 5) is 64.2. The van der Waals surface area contributed by atoms with Crippen LogP contribution in [0, 0.1) is 5.92 Å². The molecule has 4 amide bonds. The number of para-hydroxylation sites is 2. The smallest absolute Gasteiger partial charge is 0.334 e. The van der Waals surface area contributed by atoms with E-state index in [0.717, 1.165) is 47.7 Å². The van der Waals surface area contributed by atoms with Crippen LogP contribution in [0.25, 0.3) is 10.9 Å². The molecule has 1 N–H and O–H groups in total. The number of carbonyl (C=O) groups is 4. The van der Waals surface area contributed by atoms with Crippen molar-refractivity contribution in [2.75, 3.05) is 13.6 Å². The maximum atomic E-state index is 14.9. The van der Waals surface area contributed by atoms with Crippen molar-refractivity contribution in [3.8, 4) is 5.75 Å². The Morgan fingerprint density at radius 1 is 0.925 bits per heavy atom. The molecule has 2 unspecified atom stereocenters. The Morgan fingerprint density at radius 3 is 2.42 bits per heavy atom. The molecule has 2 fully saturated rings. The van der Waals surface area contributed by atoms with Crippen molar-refractivity contribution in [3.05, 3.63) is 108 Å². The van der Waals surface area contributed by atoms with E-state index < -0.39 is 18.2 Å². The second-order valence-corrected chi connectivity index (χ2v) is 14.2. The number of amides is 4. The fraction of sp³-hybridized carbons (Fsp3) is 0.405. The maximum absolute atomic E-state index is 14.9. The average Bonchev–Trinajstić information content (AvgIpc) is 3.17. The summed E-state index contributed by atoms with van der Waals surface area (Å²) in [6.07, 6.45) is 5.82. The van der Waals surface area contributed by atoms with Crippen LogP contribution in [-0.2, 0) is 27.5 Å². The number of likely N-dealkylation sites (N-methyl/N-ethyl adjacent to an activating group) is 1. The molecule has 3 heterocycles. The first-order valence-corrected chi connectivity index (χ1v) is 18.8. The van der Waals surface area contributed by atoms with E-state index in [4.69, 9.17) is 4.74 Å². The van der Waals surface area contributed by atoms with E-state index in [1.54, 1.807) is 40.3 Å². The number of ether oxygens (including phenoxy) is 1. The van der Waals surface area contributed by atoms with Gasteiger partial charge in [-0.05, 0) is 55.0 Å². The van der Waals surface area contributed by atoms with Gasteiger partial charge in [0.25, 0.3) is 0 Å². The van der Waals surface area contributed by atoms with Crippen molar-refractivity contribution in [2.45, 2.75) is 90.1 Å². The van der Waals surface area contributed by atoms with Crippen LogP contribution in [0.5, 0.6) is 5.75 Å². The monoisotopic (exact) mass is 718 g/mol. The number of hydrazine groups is 1. The molecule has 0 spiro atoms. The molecule has 6 rings (SSSR count). The summed E-state index contributed by atoms with van der Waals surface area (Å²) >= 11 is 0. The summed E-state index contributed by atoms with van der Waals surface area (Å²) in [5, 5.41) is 7.28. The van der Waals surface area contributed by atoms with Crippen molar-refractivity contribution in [1.82, 2.24) is 30.1 Å². The summed E-state index contributed by atoms with van der Waals surface area (Å²) in [5.74, 6) is -0.262. The van der Waals surface area contributed by atoms with Gasteiger partial charge in [0.1, 0.15) is 18.0 Å². The van der Waals surface area contributed by atoms with E-state index in [1.165, 1.54) is 0 Å². The van der Waals surface area contributed by atoms with Gasteiger partial charge in [-0.3, -0.25) is 19.4 Å². The van der Waals surface area contributed by atoms with E-state index in [2.05, 4.69) is 17.2 Å². The van der Waals surface area contributed by atoms with Crippen LogP contribution in [0.4, 0.5) is 4.79 Å². The number of hydrogen-bond donors (Lipinski definition) is 1. The van der Waals surface area contributed by atoms with Crippen molar-refractivity contribution >= 4 is 34.7 Å². The Kier molecular flexibility index (Phi) is 12.4. The molecular weight excluding hydrogens is 668 g/mol. The van der Waals surface area contributed by atoms with Crippen LogP contribution in [0.1, 0.15) is 69.9 Å². The third-order valence-corrected chi connectivity index (χ3v) is 10.4. The molecule has 2 aliphatic rings. The minimum absolute atomic E-state index is 0.0400. The highest BCUT2D eigenvalue weighted by atomic mass is 16.5. The van der Waals surface area contributed by atoms with E-state index in [0.29, 0.717) is 25.1 Å². The quantitative estimate of drug-likeness (QED) is 0.0896. The van der Waals surface area contributed by atoms with Crippen LogP contribution < -0.4 is 10.1 Å². The number of urea groups is 1. The molecule has 11 nitrogen and oxygen atoms in total. The zero-order valence-electron chi connectivity index (χ0n) is 30.9. The number of piperazine rings is 1. The van der Waals surface area contributed by atoms with Gasteiger partial charge in [-0.25, -0.2) is 14.8 Å². The van der Waals surface area contributed by atoms with Gasteiger partial charge in [-0.15, -0.1) is 0 Å². The Balaban J connectivity index is 1.31. The first-order valence-electron chi connectivity index (χ1n) is 18.8. The van der Waals surface area contributed by atoms with Gasteiger partial charge < -0.3 is 19.9 Å². The Labute approximate surface area is 311 Å². The number of esters is 1. The maximum Gasteiger partial charge on any atom is 0.334 e. The summed E-state index contributed by atoms with van der Waals surface area (Å²) in [7, 11) is 1.74. The summed E-state index contributed by atoms with van der Waals surface area (Å²) in [5.41, 5.74) is 2.64. The van der Waals surface area contributed by atoms with Gasteiger partial charge in [-0.1, -0.05) is 105 Å². The van der Waals surface area contributed by atoms with Crippen molar-refractivity contribution in [2.24, 2.45) is 5.92 Å². The van der Waals surface area contributed by atoms with Gasteiger partial charge in [0, 0.05) is 38.1 Å². The molecule has 2 aliphatic heterocycles. The number of benzene rings is 3. The number of pyridine rings is 1. The fourth-order valence-corrected chi connectivity index (χ4v) is 7.70. The number of nitrogens with zero attached hydrogens (tertiary/aromatic N) is 5. The molecule has 2 saturated heterocycles. The predicted octanol–water partition coefficient (Wildman–Crippen LogP) is 6.53. The minimum atomic E-state index is -0.832. The van der Waals surface area contributed by atoms with E-state index in [1.807, 2.05) is 90.7 Å². The highest BCUT2D eigenvalue weighted by Crippen LogP contribution is 2.36. The lowest BCUT2D eigenvalue weighted by atomic mass is 9.86. The lowest BCUT2D eigenvalue weighted by Crippen LogP contribution is -2.78. The van der Waals surface area contributed by atoms with Gasteiger partial charge in [0.05, 0.1) is 18.1 Å². The van der Waals surface area contributed by atoms with E-state index in [-0.39, 0.29) is 49.2 Å². The van der Waals surface area contributed by atoms with Gasteiger partial charge in [0.15, 0.2) is 0 Å². The number of unbranched alkanes of at least 4 members (excludes halogenated alkanes) is 2. The number of carbonyl (C=O) groups excluding carboxylic acids is 4. The fourth-order valence-electron chi connectivity index (χ4n) is 7.70. The lowest BCUT2D eigenvalue weighted by molar-refractivity contribution is -0.197. The number of hydrogen-bond acceptors (Lipinski definition) is 7. The van der Waals surface area contributed by atoms with Crippen LogP contribution in [0.15, 0.2) is 97.2 Å². The molecule has 0 aliphatic carbocycles. The van der Waals surface area contributed by atoms with E-state index >= 15 is 0 Å². The number of rotatable bonds is 14. The second kappa shape index (κ2) is 17.5. The van der Waals surface area contributed by atoms with Crippen LogP contribution in [-0.4, -0.2) is 80.5 Å². The molecule has 4 aromatic rings. The summed E-state index contributed by atoms with van der Waals surface area (Å²) in [6.45, 7) is 4.57. The zero-order valence-corrected chi connectivity index (χ0v) is 30.9. The molecule has 0 saturated carbocycles. The molecule has 0 radical (unpaired) electrons. The number of aromatic nitrogens is 1. The van der Waals surface area contributed by atoms with Gasteiger partial charge in [-0.2, -0.15) is 0 Å². The third-order valence-electron chi connectivity index (χ3n) is 10.4. The molecule has 278 valence electrons. The predicted molar refractivity (Wildman–Crippen MR) is 203 cm³/mol. The SMILES string of the molecule is CCCCCC(CCC(=O)Oc1ccccc1)C[C@H]1C(=O)N(Cc2cccc3cccnc23)[C@@H](C)C2N1C(=O)CN(C)N2C(=O)NCc1ccccc1. The molecule has 11 heteroatoms. The highest BCUT2D eigenvalue weighted by molar-refractivity contribution is 5.92. The highest BCUT2D eigenvalue weighted by Gasteiger charge is 2.54. The number of nitrogens with one attached hydrogen (secondary N) is 1. The standard InChI is InChI=1S/C42H50N6O5/c1-4-5-8-15-31(23-24-38(50)53-35-21-11-7-12-22-35)26-36-41(51)46(28-34-19-13-18-33-20-14-25-43-39(33)34)30(2)40-47(36)37(49)29-45(3)48(40)42(52)44-27-32-16-9-6-10-17-32/h6-7,9-14,16-22,25,30-31,36,40H,4-5,8,15,23-24,26-29H2,1-3H3,(H,44,52)/t30-,31?,36-,40?/m0/s1. The van der Waals surface area contributed by atoms with Gasteiger partial charge in [0.2, 0.25) is 11.8 Å². The third kappa shape index (κ3) is 8.85. The van der Waals surface area contributed by atoms with Crippen LogP contribution >= 0.6 is 0 Å². The Bertz CT molecular complexity index is 1870. The van der Waals surface area contributed by atoms with Crippen molar-refractivity contribution in [3.63, 3.8) is 0 Å². The topological polar surface area (TPSA) is 115 Å². The van der Waals surface area contributed by atoms with Crippen LogP contribution in [0.3, 0.4) is 0 Å². The minimum Gasteiger partial charge on any atom is -0.427 e. The molecule has 3 aromatic carbocycles. The van der Waals surface area contributed by atoms with Crippen LogP contribution in [0.2, 0.25) is 0 Å². The molecule has 4 atom stereocenters. The Hall–Kier alpha value is -5.29. The van der Waals surface area contributed by atoms with Crippen molar-refractivity contribution in [1.29, 1.82) is 0 Å². The van der Waals surface area contributed by atoms with Crippen molar-refractivity contribution < 1.29 is 23.9 Å². The zero-order chi connectivity index (χ0) is 37.3. The average molecular weight is 719 g/mol. The summed E-state index contributed by atoms with van der Waals surface area (Å²) < 4.78 is 5.60.